The predicted octanol–water partition coefficient (Wildman–Crippen LogP) is 2.05. The maximum Gasteiger partial charge on any atom is 0.170 e. The summed E-state index contributed by atoms with van der Waals surface area (Å²) in [6.45, 7) is 0.838. The third kappa shape index (κ3) is 4.67. The van der Waals surface area contributed by atoms with E-state index in [-0.39, 0.29) is 23.3 Å². The smallest absolute Gasteiger partial charge is 0.170 e. The number of methoxy groups -OCH3 is 2. The Labute approximate surface area is 168 Å². The van der Waals surface area contributed by atoms with Crippen molar-refractivity contribution in [1.29, 1.82) is 0 Å². The maximum absolute atomic E-state index is 6.02. The van der Waals surface area contributed by atoms with Gasteiger partial charge in [-0.3, -0.25) is 5.32 Å². The lowest BCUT2D eigenvalue weighted by Gasteiger charge is -2.18. The molecule has 5 unspecified atom stereocenters. The Hall–Kier alpha value is -0.680. The maximum atomic E-state index is 6.02. The van der Waals surface area contributed by atoms with E-state index in [9.17, 15) is 0 Å². The van der Waals surface area contributed by atoms with Crippen LogP contribution in [0, 0.1) is 0 Å². The summed E-state index contributed by atoms with van der Waals surface area (Å²) in [5.74, 6) is 3.58. The summed E-state index contributed by atoms with van der Waals surface area (Å²) < 4.78 is 22.5. The summed E-state index contributed by atoms with van der Waals surface area (Å²) in [5, 5.41) is 3.97. The summed E-state index contributed by atoms with van der Waals surface area (Å²) >= 11 is 3.70. The highest BCUT2D eigenvalue weighted by molar-refractivity contribution is 8.00. The summed E-state index contributed by atoms with van der Waals surface area (Å²) in [6, 6.07) is 6.55. The molecule has 4 rings (SSSR count). The monoisotopic (exact) mass is 413 g/mol. The molecule has 1 aromatic carbocycles. The lowest BCUT2D eigenvalue weighted by atomic mass is 10.2. The second-order valence-corrected chi connectivity index (χ2v) is 8.99. The molecule has 27 heavy (non-hydrogen) atoms. The van der Waals surface area contributed by atoms with E-state index in [1.54, 1.807) is 26.0 Å². The van der Waals surface area contributed by atoms with E-state index in [0.29, 0.717) is 6.04 Å². The first-order chi connectivity index (χ1) is 13.3. The van der Waals surface area contributed by atoms with E-state index in [2.05, 4.69) is 28.3 Å². The van der Waals surface area contributed by atoms with Crippen LogP contribution in [0.1, 0.15) is 23.8 Å². The van der Waals surface area contributed by atoms with Crippen molar-refractivity contribution in [2.45, 2.75) is 42.1 Å². The summed E-state index contributed by atoms with van der Waals surface area (Å²) in [4.78, 5) is 0. The van der Waals surface area contributed by atoms with Gasteiger partial charge in [-0.05, 0) is 30.5 Å². The van der Waals surface area contributed by atoms with Crippen molar-refractivity contribution in [3.05, 3.63) is 23.8 Å². The molecule has 3 fully saturated rings. The quantitative estimate of drug-likeness (QED) is 0.623. The second-order valence-electron chi connectivity index (χ2n) is 6.75. The van der Waals surface area contributed by atoms with Crippen LogP contribution in [-0.4, -0.2) is 56.3 Å². The van der Waals surface area contributed by atoms with Crippen LogP contribution in [0.2, 0.25) is 0 Å². The number of nitrogens with one attached hydrogen (secondary N) is 3. The van der Waals surface area contributed by atoms with Gasteiger partial charge in [0, 0.05) is 24.2 Å². The molecule has 1 aromatic rings. The van der Waals surface area contributed by atoms with Crippen molar-refractivity contribution >= 4 is 23.5 Å². The van der Waals surface area contributed by atoms with Crippen molar-refractivity contribution < 1.29 is 18.9 Å². The first kappa shape index (κ1) is 19.6. The molecule has 3 N–H and O–H groups in total. The molecule has 3 aliphatic rings. The van der Waals surface area contributed by atoms with Gasteiger partial charge in [-0.25, -0.2) is 10.9 Å². The molecule has 3 saturated heterocycles. The number of rotatable bonds is 7. The van der Waals surface area contributed by atoms with Gasteiger partial charge in [0.2, 0.25) is 0 Å². The molecule has 0 bridgehead atoms. The average molecular weight is 414 g/mol. The van der Waals surface area contributed by atoms with Crippen LogP contribution in [0.3, 0.4) is 0 Å². The fourth-order valence-corrected chi connectivity index (χ4v) is 5.87. The van der Waals surface area contributed by atoms with Gasteiger partial charge < -0.3 is 18.9 Å². The predicted molar refractivity (Wildman–Crippen MR) is 108 cm³/mol. The van der Waals surface area contributed by atoms with Crippen LogP contribution in [0.4, 0.5) is 0 Å². The Morgan fingerprint density at radius 1 is 1.22 bits per heavy atom. The highest BCUT2D eigenvalue weighted by Crippen LogP contribution is 2.38. The Morgan fingerprint density at radius 3 is 2.89 bits per heavy atom. The van der Waals surface area contributed by atoms with Crippen molar-refractivity contribution in [3.8, 4) is 11.5 Å². The van der Waals surface area contributed by atoms with E-state index in [1.807, 2.05) is 17.8 Å². The zero-order valence-electron chi connectivity index (χ0n) is 15.6. The van der Waals surface area contributed by atoms with Crippen LogP contribution < -0.4 is 25.6 Å². The van der Waals surface area contributed by atoms with E-state index in [1.165, 1.54) is 5.56 Å². The number of ether oxygens (including phenoxy) is 4. The van der Waals surface area contributed by atoms with E-state index in [4.69, 9.17) is 18.9 Å². The van der Waals surface area contributed by atoms with Crippen LogP contribution in [-0.2, 0) is 9.47 Å². The van der Waals surface area contributed by atoms with Gasteiger partial charge in [-0.15, -0.1) is 23.5 Å². The lowest BCUT2D eigenvalue weighted by molar-refractivity contribution is -0.0327. The van der Waals surface area contributed by atoms with Crippen molar-refractivity contribution in [3.63, 3.8) is 0 Å². The lowest BCUT2D eigenvalue weighted by Crippen LogP contribution is -2.39. The third-order valence-corrected chi connectivity index (χ3v) is 7.39. The van der Waals surface area contributed by atoms with Crippen molar-refractivity contribution in [1.82, 2.24) is 16.2 Å². The first-order valence-corrected chi connectivity index (χ1v) is 11.4. The second kappa shape index (κ2) is 9.21. The van der Waals surface area contributed by atoms with Gasteiger partial charge in [-0.2, -0.15) is 0 Å². The fraction of sp³-hybridized carbons (Fsp3) is 0.667. The Balaban J connectivity index is 1.24. The molecule has 7 nitrogen and oxygen atoms in total. The van der Waals surface area contributed by atoms with Crippen LogP contribution in [0.5, 0.6) is 11.5 Å². The minimum atomic E-state index is -0.0459. The highest BCUT2D eigenvalue weighted by Gasteiger charge is 2.35. The zero-order valence-corrected chi connectivity index (χ0v) is 17.2. The van der Waals surface area contributed by atoms with Gasteiger partial charge in [-0.1, -0.05) is 6.07 Å². The Kier molecular flexibility index (Phi) is 6.70. The molecule has 0 spiro atoms. The fourth-order valence-electron chi connectivity index (χ4n) is 3.49. The topological polar surface area (TPSA) is 73.0 Å². The van der Waals surface area contributed by atoms with Gasteiger partial charge in [0.25, 0.3) is 0 Å². The van der Waals surface area contributed by atoms with E-state index in [0.717, 1.165) is 42.5 Å². The van der Waals surface area contributed by atoms with Gasteiger partial charge in [0.15, 0.2) is 17.1 Å². The number of hydrazine groups is 1. The molecular formula is C18H27N3O4S2. The molecule has 5 atom stereocenters. The number of hydrogen-bond acceptors (Lipinski definition) is 9. The summed E-state index contributed by atoms with van der Waals surface area (Å²) in [7, 11) is 3.33. The van der Waals surface area contributed by atoms with Crippen molar-refractivity contribution in [2.24, 2.45) is 0 Å². The molecule has 0 saturated carbocycles. The van der Waals surface area contributed by atoms with E-state index < -0.39 is 0 Å². The highest BCUT2D eigenvalue weighted by atomic mass is 32.2. The number of thioether (sulfide) groups is 2. The summed E-state index contributed by atoms with van der Waals surface area (Å²) in [6.07, 6.45) is 2.29. The SMILES string of the molecule is COc1ccc(C2NC(CSC3NNC(C4CCCO4)O3)CS2)cc1OC. The minimum absolute atomic E-state index is 0.0360. The molecule has 3 heterocycles. The molecule has 0 aliphatic carbocycles. The number of benzene rings is 1. The third-order valence-electron chi connectivity index (χ3n) is 4.93. The van der Waals surface area contributed by atoms with Crippen LogP contribution in [0.25, 0.3) is 0 Å². The standard InChI is InChI=1S/C18H27N3O4S2/c1-22-13-6-5-11(8-15(13)23-2)17-19-12(9-26-17)10-27-18-21-20-16(25-18)14-4-3-7-24-14/h5-6,8,12,14,16-21H,3-4,7,9-10H2,1-2H3. The molecule has 9 heteroatoms. The Bertz CT molecular complexity index is 633. The van der Waals surface area contributed by atoms with Gasteiger partial charge in [0.1, 0.15) is 6.23 Å². The average Bonchev–Trinajstić information content (AvgIpc) is 3.46. The molecule has 0 radical (unpaired) electrons. The molecule has 0 amide bonds. The van der Waals surface area contributed by atoms with Gasteiger partial charge in [0.05, 0.1) is 25.7 Å². The van der Waals surface area contributed by atoms with Crippen LogP contribution in [0.15, 0.2) is 18.2 Å². The molecule has 150 valence electrons. The first-order valence-electron chi connectivity index (χ1n) is 9.26. The summed E-state index contributed by atoms with van der Waals surface area (Å²) in [5.41, 5.74) is 7.61. The normalized spacial score (nSPS) is 33.5. The minimum Gasteiger partial charge on any atom is -0.493 e. The van der Waals surface area contributed by atoms with Gasteiger partial charge >= 0.3 is 0 Å². The zero-order chi connectivity index (χ0) is 18.6. The molecule has 0 aromatic heterocycles. The molecule has 3 aliphatic heterocycles. The number of hydrogen-bond donors (Lipinski definition) is 3. The van der Waals surface area contributed by atoms with Crippen LogP contribution >= 0.6 is 23.5 Å². The van der Waals surface area contributed by atoms with E-state index >= 15 is 0 Å². The Morgan fingerprint density at radius 2 is 2.11 bits per heavy atom. The molecular weight excluding hydrogens is 386 g/mol. The van der Waals surface area contributed by atoms with Crippen molar-refractivity contribution in [2.75, 3.05) is 32.3 Å². The largest absolute Gasteiger partial charge is 0.493 e.